The van der Waals surface area contributed by atoms with E-state index in [-0.39, 0.29) is 18.6 Å². The molecule has 0 fully saturated rings. The number of nitrogens with two attached hydrogens (primary N) is 1. The maximum absolute atomic E-state index is 8.71. The van der Waals surface area contributed by atoms with E-state index in [1.54, 1.807) is 6.08 Å². The number of aliphatic hydroxyl groups excluding tert-OH is 2. The van der Waals surface area contributed by atoms with E-state index in [4.69, 9.17) is 15.9 Å². The summed E-state index contributed by atoms with van der Waals surface area (Å²) < 4.78 is 0. The molecule has 0 aliphatic rings. The molecule has 0 saturated heterocycles. The summed E-state index contributed by atoms with van der Waals surface area (Å²) in [5.41, 5.74) is 5.22. The molecule has 0 unspecified atom stereocenters. The van der Waals surface area contributed by atoms with Crippen LogP contribution in [-0.2, 0) is 0 Å². The Balaban J connectivity index is 4.07. The van der Waals surface area contributed by atoms with Gasteiger partial charge in [0.15, 0.2) is 0 Å². The van der Waals surface area contributed by atoms with Gasteiger partial charge in [0.05, 0.1) is 0 Å². The zero-order chi connectivity index (χ0) is 8.74. The van der Waals surface area contributed by atoms with Gasteiger partial charge in [0.1, 0.15) is 0 Å². The van der Waals surface area contributed by atoms with Crippen molar-refractivity contribution in [2.24, 2.45) is 11.1 Å². The largest absolute Gasteiger partial charge is 0.396 e. The van der Waals surface area contributed by atoms with Gasteiger partial charge in [-0.3, -0.25) is 0 Å². The minimum atomic E-state index is -0.274. The van der Waals surface area contributed by atoms with E-state index in [1.165, 1.54) is 0 Å². The van der Waals surface area contributed by atoms with Crippen LogP contribution in [0.5, 0.6) is 0 Å². The Morgan fingerprint density at radius 1 is 1.27 bits per heavy atom. The molecule has 0 atom stereocenters. The lowest BCUT2D eigenvalue weighted by Crippen LogP contribution is -2.30. The van der Waals surface area contributed by atoms with Gasteiger partial charge in [0.2, 0.25) is 0 Å². The van der Waals surface area contributed by atoms with Gasteiger partial charge in [-0.15, -0.1) is 6.58 Å². The van der Waals surface area contributed by atoms with Crippen molar-refractivity contribution in [3.8, 4) is 0 Å². The van der Waals surface area contributed by atoms with Gasteiger partial charge >= 0.3 is 0 Å². The third-order valence-corrected chi connectivity index (χ3v) is 2.06. The molecule has 3 heteroatoms. The van der Waals surface area contributed by atoms with Gasteiger partial charge in [-0.05, 0) is 12.8 Å². The lowest BCUT2D eigenvalue weighted by atomic mass is 9.82. The van der Waals surface area contributed by atoms with Crippen molar-refractivity contribution in [3.05, 3.63) is 12.7 Å². The Labute approximate surface area is 67.5 Å². The molecule has 66 valence electrons. The fourth-order valence-corrected chi connectivity index (χ4v) is 1.06. The molecule has 0 rings (SSSR count). The Hall–Kier alpha value is -0.380. The first-order chi connectivity index (χ1) is 5.24. The smallest absolute Gasteiger partial charge is 0.0439 e. The maximum atomic E-state index is 8.71. The summed E-state index contributed by atoms with van der Waals surface area (Å²) in [5, 5.41) is 17.4. The lowest BCUT2D eigenvalue weighted by Gasteiger charge is -2.27. The van der Waals surface area contributed by atoms with Crippen molar-refractivity contribution in [2.75, 3.05) is 19.8 Å². The third kappa shape index (κ3) is 3.01. The maximum Gasteiger partial charge on any atom is 0.0439 e. The summed E-state index contributed by atoms with van der Waals surface area (Å²) in [5.74, 6) is 0. The van der Waals surface area contributed by atoms with E-state index in [2.05, 4.69) is 6.58 Å². The van der Waals surface area contributed by atoms with Crippen LogP contribution in [-0.4, -0.2) is 30.0 Å². The van der Waals surface area contributed by atoms with Crippen molar-refractivity contribution >= 4 is 0 Å². The topological polar surface area (TPSA) is 66.5 Å². The molecular weight excluding hydrogens is 142 g/mol. The highest BCUT2D eigenvalue weighted by atomic mass is 16.3. The third-order valence-electron chi connectivity index (χ3n) is 2.06. The highest BCUT2D eigenvalue weighted by molar-refractivity contribution is 4.95. The van der Waals surface area contributed by atoms with Crippen LogP contribution in [0.15, 0.2) is 12.7 Å². The molecule has 11 heavy (non-hydrogen) atoms. The van der Waals surface area contributed by atoms with Crippen molar-refractivity contribution in [1.82, 2.24) is 0 Å². The summed E-state index contributed by atoms with van der Waals surface area (Å²) >= 11 is 0. The summed E-state index contributed by atoms with van der Waals surface area (Å²) in [6.07, 6.45) is 2.88. The fourth-order valence-electron chi connectivity index (χ4n) is 1.06. The van der Waals surface area contributed by atoms with Gasteiger partial charge in [-0.1, -0.05) is 6.08 Å². The molecule has 0 spiro atoms. The van der Waals surface area contributed by atoms with E-state index in [0.717, 1.165) is 0 Å². The molecule has 0 aliphatic heterocycles. The van der Waals surface area contributed by atoms with Crippen LogP contribution >= 0.6 is 0 Å². The normalized spacial score (nSPS) is 11.5. The van der Waals surface area contributed by atoms with E-state index >= 15 is 0 Å². The first-order valence-corrected chi connectivity index (χ1v) is 3.80. The second-order valence-electron chi connectivity index (χ2n) is 2.72. The number of hydrogen-bond acceptors (Lipinski definition) is 3. The highest BCUT2D eigenvalue weighted by Crippen LogP contribution is 2.25. The molecule has 0 aromatic heterocycles. The standard InChI is InChI=1S/C8H17NO2/c1-2-8(7-9,3-5-10)4-6-11/h2,10-11H,1,3-7,9H2. The molecule has 3 nitrogen and oxygen atoms in total. The van der Waals surface area contributed by atoms with Crippen LogP contribution in [0, 0.1) is 5.41 Å². The van der Waals surface area contributed by atoms with Crippen LogP contribution in [0.3, 0.4) is 0 Å². The summed E-state index contributed by atoms with van der Waals surface area (Å²) in [7, 11) is 0. The number of hydrogen-bond donors (Lipinski definition) is 3. The average molecular weight is 159 g/mol. The lowest BCUT2D eigenvalue weighted by molar-refractivity contribution is 0.176. The Kier molecular flexibility index (Phi) is 5.11. The molecule has 0 saturated carbocycles. The van der Waals surface area contributed by atoms with Crippen LogP contribution in [0.2, 0.25) is 0 Å². The van der Waals surface area contributed by atoms with Gasteiger partial charge < -0.3 is 15.9 Å². The van der Waals surface area contributed by atoms with Crippen LogP contribution in [0.4, 0.5) is 0 Å². The van der Waals surface area contributed by atoms with E-state index in [1.807, 2.05) is 0 Å². The SMILES string of the molecule is C=CC(CN)(CCO)CCO. The fraction of sp³-hybridized carbons (Fsp3) is 0.750. The molecule has 0 aromatic carbocycles. The Morgan fingerprint density at radius 2 is 1.73 bits per heavy atom. The van der Waals surface area contributed by atoms with Crippen molar-refractivity contribution in [3.63, 3.8) is 0 Å². The predicted molar refractivity (Wildman–Crippen MR) is 45.1 cm³/mol. The molecular formula is C8H17NO2. The molecule has 0 aromatic rings. The van der Waals surface area contributed by atoms with Gasteiger partial charge in [0.25, 0.3) is 0 Å². The van der Waals surface area contributed by atoms with Gasteiger partial charge in [-0.2, -0.15) is 0 Å². The predicted octanol–water partition coefficient (Wildman–Crippen LogP) is -0.118. The minimum absolute atomic E-state index is 0.0865. The van der Waals surface area contributed by atoms with Crippen LogP contribution < -0.4 is 5.73 Å². The average Bonchev–Trinajstić information content (AvgIpc) is 2.04. The highest BCUT2D eigenvalue weighted by Gasteiger charge is 2.22. The molecule has 0 bridgehead atoms. The molecule has 0 radical (unpaired) electrons. The monoisotopic (exact) mass is 159 g/mol. The van der Waals surface area contributed by atoms with Crippen molar-refractivity contribution < 1.29 is 10.2 Å². The minimum Gasteiger partial charge on any atom is -0.396 e. The zero-order valence-electron chi connectivity index (χ0n) is 6.79. The Morgan fingerprint density at radius 3 is 1.91 bits per heavy atom. The van der Waals surface area contributed by atoms with Crippen LogP contribution in [0.1, 0.15) is 12.8 Å². The van der Waals surface area contributed by atoms with Crippen molar-refractivity contribution in [1.29, 1.82) is 0 Å². The van der Waals surface area contributed by atoms with E-state index < -0.39 is 0 Å². The molecule has 0 aliphatic carbocycles. The molecule has 0 amide bonds. The Bertz CT molecular complexity index is 109. The quantitative estimate of drug-likeness (QED) is 0.473. The second-order valence-corrected chi connectivity index (χ2v) is 2.72. The molecule has 0 heterocycles. The summed E-state index contributed by atoms with van der Waals surface area (Å²) in [6.45, 7) is 4.24. The van der Waals surface area contributed by atoms with Gasteiger partial charge in [0, 0.05) is 25.2 Å². The molecule has 4 N–H and O–H groups in total. The first-order valence-electron chi connectivity index (χ1n) is 3.80. The number of aliphatic hydroxyl groups is 2. The van der Waals surface area contributed by atoms with E-state index in [0.29, 0.717) is 19.4 Å². The first kappa shape index (κ1) is 10.6. The van der Waals surface area contributed by atoms with Crippen molar-refractivity contribution in [2.45, 2.75) is 12.8 Å². The summed E-state index contributed by atoms with van der Waals surface area (Å²) in [6, 6.07) is 0. The van der Waals surface area contributed by atoms with E-state index in [9.17, 15) is 0 Å². The summed E-state index contributed by atoms with van der Waals surface area (Å²) in [4.78, 5) is 0. The second kappa shape index (κ2) is 5.29. The van der Waals surface area contributed by atoms with Crippen LogP contribution in [0.25, 0.3) is 0 Å². The van der Waals surface area contributed by atoms with Gasteiger partial charge in [-0.25, -0.2) is 0 Å². The zero-order valence-corrected chi connectivity index (χ0v) is 6.79. The number of rotatable bonds is 6.